The number of hydrogen-bond donors (Lipinski definition) is 1. The molecule has 0 aliphatic carbocycles. The number of amides is 2. The Kier molecular flexibility index (Phi) is 5.06. The van der Waals surface area contributed by atoms with Crippen LogP contribution in [0.3, 0.4) is 0 Å². The van der Waals surface area contributed by atoms with E-state index >= 15 is 0 Å². The molecule has 0 radical (unpaired) electrons. The van der Waals surface area contributed by atoms with E-state index in [1.54, 1.807) is 6.07 Å². The number of fused-ring (bicyclic) bond motifs is 1. The molecule has 1 saturated heterocycles. The van der Waals surface area contributed by atoms with Crippen LogP contribution in [0, 0.1) is 0 Å². The first-order valence-corrected chi connectivity index (χ1v) is 9.63. The fourth-order valence-corrected chi connectivity index (χ4v) is 3.89. The zero-order valence-corrected chi connectivity index (χ0v) is 15.7. The molecule has 5 nitrogen and oxygen atoms in total. The SMILES string of the molecule is NC(=O)c1cc([C@H]2CCN(C(=O)CCc3ccccc3)C2)nc2ccccc12. The van der Waals surface area contributed by atoms with Gasteiger partial charge < -0.3 is 10.6 Å². The van der Waals surface area contributed by atoms with Crippen molar-refractivity contribution < 1.29 is 9.59 Å². The van der Waals surface area contributed by atoms with Crippen molar-refractivity contribution in [3.63, 3.8) is 0 Å². The number of primary amides is 1. The second-order valence-electron chi connectivity index (χ2n) is 7.29. The Balaban J connectivity index is 1.48. The van der Waals surface area contributed by atoms with Crippen LogP contribution in [0.4, 0.5) is 0 Å². The molecular weight excluding hydrogens is 350 g/mol. The molecule has 0 unspecified atom stereocenters. The molecule has 28 heavy (non-hydrogen) atoms. The second kappa shape index (κ2) is 7.80. The van der Waals surface area contributed by atoms with Crippen LogP contribution in [0.15, 0.2) is 60.7 Å². The topological polar surface area (TPSA) is 76.3 Å². The molecule has 1 aromatic heterocycles. The summed E-state index contributed by atoms with van der Waals surface area (Å²) in [7, 11) is 0. The molecule has 0 spiro atoms. The summed E-state index contributed by atoms with van der Waals surface area (Å²) >= 11 is 0. The Morgan fingerprint density at radius 3 is 2.61 bits per heavy atom. The van der Waals surface area contributed by atoms with Gasteiger partial charge in [-0.3, -0.25) is 14.6 Å². The van der Waals surface area contributed by atoms with Crippen molar-refractivity contribution in [3.05, 3.63) is 77.5 Å². The maximum absolute atomic E-state index is 12.6. The zero-order chi connectivity index (χ0) is 19.5. The van der Waals surface area contributed by atoms with E-state index < -0.39 is 5.91 Å². The van der Waals surface area contributed by atoms with Gasteiger partial charge in [-0.1, -0.05) is 48.5 Å². The average molecular weight is 373 g/mol. The molecule has 3 aromatic rings. The maximum atomic E-state index is 12.6. The van der Waals surface area contributed by atoms with E-state index in [1.165, 1.54) is 5.56 Å². The Morgan fingerprint density at radius 2 is 1.82 bits per heavy atom. The summed E-state index contributed by atoms with van der Waals surface area (Å²) in [5.74, 6) is -0.153. The molecule has 2 aromatic carbocycles. The first kappa shape index (κ1) is 18.2. The van der Waals surface area contributed by atoms with E-state index in [4.69, 9.17) is 10.7 Å². The summed E-state index contributed by atoms with van der Waals surface area (Å²) < 4.78 is 0. The lowest BCUT2D eigenvalue weighted by Crippen LogP contribution is -2.28. The lowest BCUT2D eigenvalue weighted by molar-refractivity contribution is -0.130. The Morgan fingerprint density at radius 1 is 1.07 bits per heavy atom. The van der Waals surface area contributed by atoms with Crippen LogP contribution in [0.25, 0.3) is 10.9 Å². The molecule has 0 bridgehead atoms. The number of para-hydroxylation sites is 1. The van der Waals surface area contributed by atoms with Crippen LogP contribution in [-0.4, -0.2) is 34.8 Å². The number of benzene rings is 2. The number of carbonyl (C=O) groups is 2. The minimum atomic E-state index is -0.450. The third-order valence-electron chi connectivity index (χ3n) is 5.43. The standard InChI is InChI=1S/C23H23N3O2/c24-23(28)19-14-21(25-20-9-5-4-8-18(19)20)17-12-13-26(15-17)22(27)11-10-16-6-2-1-3-7-16/h1-9,14,17H,10-13,15H2,(H2,24,28)/t17-/m0/s1. The van der Waals surface area contributed by atoms with Crippen LogP contribution in [0.1, 0.15) is 40.4 Å². The molecule has 1 atom stereocenters. The summed E-state index contributed by atoms with van der Waals surface area (Å²) in [6.45, 7) is 1.36. The van der Waals surface area contributed by atoms with Crippen molar-refractivity contribution in [1.82, 2.24) is 9.88 Å². The molecular formula is C23H23N3O2. The molecule has 1 fully saturated rings. The highest BCUT2D eigenvalue weighted by Crippen LogP contribution is 2.29. The molecule has 4 rings (SSSR count). The number of rotatable bonds is 5. The highest BCUT2D eigenvalue weighted by molar-refractivity contribution is 6.05. The number of carbonyl (C=O) groups excluding carboxylic acids is 2. The van der Waals surface area contributed by atoms with Crippen molar-refractivity contribution >= 4 is 22.7 Å². The minimum Gasteiger partial charge on any atom is -0.366 e. The van der Waals surface area contributed by atoms with E-state index in [1.807, 2.05) is 59.5 Å². The number of hydrogen-bond acceptors (Lipinski definition) is 3. The molecule has 2 N–H and O–H groups in total. The molecule has 142 valence electrons. The molecule has 2 amide bonds. The zero-order valence-electron chi connectivity index (χ0n) is 15.7. The lowest BCUT2D eigenvalue weighted by atomic mass is 9.99. The van der Waals surface area contributed by atoms with E-state index in [9.17, 15) is 9.59 Å². The number of aryl methyl sites for hydroxylation is 1. The molecule has 1 aliphatic heterocycles. The molecule has 0 saturated carbocycles. The first-order valence-electron chi connectivity index (χ1n) is 9.63. The molecule has 5 heteroatoms. The van der Waals surface area contributed by atoms with Gasteiger partial charge in [-0.15, -0.1) is 0 Å². The van der Waals surface area contributed by atoms with Crippen molar-refractivity contribution in [1.29, 1.82) is 0 Å². The van der Waals surface area contributed by atoms with Crippen molar-refractivity contribution in [2.24, 2.45) is 5.73 Å². The van der Waals surface area contributed by atoms with Crippen LogP contribution in [0.5, 0.6) is 0 Å². The summed E-state index contributed by atoms with van der Waals surface area (Å²) in [6, 6.07) is 19.4. The number of nitrogens with zero attached hydrogens (tertiary/aromatic N) is 2. The molecule has 2 heterocycles. The van der Waals surface area contributed by atoms with Crippen LogP contribution >= 0.6 is 0 Å². The monoisotopic (exact) mass is 373 g/mol. The fourth-order valence-electron chi connectivity index (χ4n) is 3.89. The summed E-state index contributed by atoms with van der Waals surface area (Å²) in [5.41, 5.74) is 8.86. The van der Waals surface area contributed by atoms with Gasteiger partial charge in [0.15, 0.2) is 0 Å². The van der Waals surface area contributed by atoms with Crippen LogP contribution < -0.4 is 5.73 Å². The van der Waals surface area contributed by atoms with Gasteiger partial charge in [-0.25, -0.2) is 0 Å². The predicted octanol–water partition coefficient (Wildman–Crippen LogP) is 3.28. The summed E-state index contributed by atoms with van der Waals surface area (Å²) in [4.78, 5) is 31.2. The van der Waals surface area contributed by atoms with Crippen LogP contribution in [-0.2, 0) is 11.2 Å². The Bertz CT molecular complexity index is 1020. The van der Waals surface area contributed by atoms with E-state index in [0.717, 1.165) is 36.0 Å². The van der Waals surface area contributed by atoms with Gasteiger partial charge in [0, 0.05) is 36.5 Å². The number of likely N-dealkylation sites (tertiary alicyclic amines) is 1. The van der Waals surface area contributed by atoms with E-state index in [2.05, 4.69) is 0 Å². The second-order valence-corrected chi connectivity index (χ2v) is 7.29. The van der Waals surface area contributed by atoms with Gasteiger partial charge in [-0.2, -0.15) is 0 Å². The Labute approximate surface area is 164 Å². The third-order valence-corrected chi connectivity index (χ3v) is 5.43. The Hall–Kier alpha value is -3.21. The van der Waals surface area contributed by atoms with Gasteiger partial charge >= 0.3 is 0 Å². The van der Waals surface area contributed by atoms with Gasteiger partial charge in [0.25, 0.3) is 0 Å². The lowest BCUT2D eigenvalue weighted by Gasteiger charge is -2.17. The predicted molar refractivity (Wildman–Crippen MR) is 109 cm³/mol. The van der Waals surface area contributed by atoms with Gasteiger partial charge in [-0.05, 0) is 30.5 Å². The first-order chi connectivity index (χ1) is 13.6. The number of aromatic nitrogens is 1. The van der Waals surface area contributed by atoms with Gasteiger partial charge in [0.2, 0.25) is 11.8 Å². The normalized spacial score (nSPS) is 16.4. The van der Waals surface area contributed by atoms with E-state index in [0.29, 0.717) is 18.5 Å². The largest absolute Gasteiger partial charge is 0.366 e. The fraction of sp³-hybridized carbons (Fsp3) is 0.261. The van der Waals surface area contributed by atoms with Gasteiger partial charge in [0.05, 0.1) is 11.1 Å². The van der Waals surface area contributed by atoms with Crippen LogP contribution in [0.2, 0.25) is 0 Å². The number of pyridine rings is 1. The van der Waals surface area contributed by atoms with Crippen molar-refractivity contribution in [2.75, 3.05) is 13.1 Å². The van der Waals surface area contributed by atoms with Crippen molar-refractivity contribution in [3.8, 4) is 0 Å². The maximum Gasteiger partial charge on any atom is 0.249 e. The average Bonchev–Trinajstić information content (AvgIpc) is 3.22. The van der Waals surface area contributed by atoms with Gasteiger partial charge in [0.1, 0.15) is 0 Å². The highest BCUT2D eigenvalue weighted by Gasteiger charge is 2.28. The highest BCUT2D eigenvalue weighted by atomic mass is 16.2. The molecule has 1 aliphatic rings. The minimum absolute atomic E-state index is 0.128. The summed E-state index contributed by atoms with van der Waals surface area (Å²) in [5, 5.41) is 0.771. The smallest absolute Gasteiger partial charge is 0.249 e. The van der Waals surface area contributed by atoms with Crippen molar-refractivity contribution in [2.45, 2.75) is 25.2 Å². The third kappa shape index (κ3) is 3.74. The van der Waals surface area contributed by atoms with E-state index in [-0.39, 0.29) is 11.8 Å². The number of nitrogens with two attached hydrogens (primary N) is 1. The quantitative estimate of drug-likeness (QED) is 0.746. The summed E-state index contributed by atoms with van der Waals surface area (Å²) in [6.07, 6.45) is 2.11.